The van der Waals surface area contributed by atoms with Gasteiger partial charge < -0.3 is 34.3 Å². The first-order valence-corrected chi connectivity index (χ1v) is 11.1. The van der Waals surface area contributed by atoms with Crippen LogP contribution >= 0.6 is 0 Å². The number of β-lactam (4-membered cyclic amide) rings is 1. The lowest BCUT2D eigenvalue weighted by Gasteiger charge is -2.31. The fraction of sp³-hybridized carbons (Fsp3) is 0.296. The Morgan fingerprint density at radius 3 is 1.80 bits per heavy atom. The number of ether oxygens (including phenoxy) is 4. The van der Waals surface area contributed by atoms with E-state index in [2.05, 4.69) is 17.4 Å². The number of amides is 1. The summed E-state index contributed by atoms with van der Waals surface area (Å²) in [5.74, 6) is 2.45. The summed E-state index contributed by atoms with van der Waals surface area (Å²) in [5.41, 5.74) is 2.11. The summed E-state index contributed by atoms with van der Waals surface area (Å²) in [6.45, 7) is 1.69. The van der Waals surface area contributed by atoms with Crippen LogP contribution in [0, 0.1) is 0 Å². The van der Waals surface area contributed by atoms with E-state index >= 15 is 0 Å². The van der Waals surface area contributed by atoms with Crippen LogP contribution in [0.3, 0.4) is 0 Å². The molecule has 0 atom stereocenters. The molecule has 8 heteroatoms. The third-order valence-electron chi connectivity index (χ3n) is 5.12. The molecule has 0 radical (unpaired) electrons. The predicted octanol–water partition coefficient (Wildman–Crippen LogP) is 4.26. The van der Waals surface area contributed by atoms with Gasteiger partial charge in [0.05, 0.1) is 34.1 Å². The van der Waals surface area contributed by atoms with E-state index in [9.17, 15) is 4.79 Å². The molecule has 35 heavy (non-hydrogen) atoms. The highest BCUT2D eigenvalue weighted by atomic mass is 16.5. The Hall–Kier alpha value is -3.91. The fourth-order valence-corrected chi connectivity index (χ4v) is 3.24. The Bertz CT molecular complexity index is 1030. The van der Waals surface area contributed by atoms with Crippen molar-refractivity contribution in [2.75, 3.05) is 46.9 Å². The molecular weight excluding hydrogens is 448 g/mol. The molecule has 0 unspecified atom stereocenters. The van der Waals surface area contributed by atoms with Crippen molar-refractivity contribution in [1.82, 2.24) is 5.32 Å². The van der Waals surface area contributed by atoms with Crippen molar-refractivity contribution in [1.29, 1.82) is 0 Å². The second-order valence-corrected chi connectivity index (χ2v) is 7.37. The van der Waals surface area contributed by atoms with Gasteiger partial charge in [0, 0.05) is 31.6 Å². The number of carbonyl (C=O) groups is 1. The van der Waals surface area contributed by atoms with Crippen LogP contribution in [0.1, 0.15) is 12.0 Å². The highest BCUT2D eigenvalue weighted by Crippen LogP contribution is 2.41. The molecule has 2 N–H and O–H groups in total. The zero-order chi connectivity index (χ0) is 25.6. The Labute approximate surface area is 207 Å². The van der Waals surface area contributed by atoms with Crippen molar-refractivity contribution in [3.8, 4) is 28.7 Å². The molecule has 1 aliphatic heterocycles. The van der Waals surface area contributed by atoms with E-state index in [4.69, 9.17) is 24.1 Å². The summed E-state index contributed by atoms with van der Waals surface area (Å²) in [4.78, 5) is 13.1. The number of phenolic OH excluding ortho intramolecular Hbond substituents is 1. The van der Waals surface area contributed by atoms with Gasteiger partial charge in [-0.25, -0.2) is 0 Å². The number of aromatic hydroxyl groups is 1. The van der Waals surface area contributed by atoms with Crippen LogP contribution in [0.2, 0.25) is 0 Å². The van der Waals surface area contributed by atoms with E-state index in [1.807, 2.05) is 25.2 Å². The summed E-state index contributed by atoms with van der Waals surface area (Å²) >= 11 is 0. The van der Waals surface area contributed by atoms with Gasteiger partial charge in [-0.2, -0.15) is 0 Å². The van der Waals surface area contributed by atoms with Crippen LogP contribution < -0.4 is 29.2 Å². The minimum atomic E-state index is 0.110. The lowest BCUT2D eigenvalue weighted by atomic mass is 10.1. The molecule has 0 aliphatic carbocycles. The zero-order valence-corrected chi connectivity index (χ0v) is 20.9. The highest BCUT2D eigenvalue weighted by Gasteiger charge is 2.27. The number of methoxy groups -OCH3 is 4. The smallest absolute Gasteiger partial charge is 0.228 e. The number of anilines is 1. The molecule has 1 heterocycles. The minimum Gasteiger partial charge on any atom is -0.504 e. The monoisotopic (exact) mass is 482 g/mol. The van der Waals surface area contributed by atoms with Crippen molar-refractivity contribution in [2.45, 2.75) is 13.0 Å². The number of benzene rings is 3. The molecule has 0 saturated carbocycles. The number of para-hydroxylation sites is 2. The molecule has 4 rings (SSSR count). The van der Waals surface area contributed by atoms with Gasteiger partial charge in [0.25, 0.3) is 0 Å². The van der Waals surface area contributed by atoms with Crippen LogP contribution in [0.5, 0.6) is 28.7 Å². The predicted molar refractivity (Wildman–Crippen MR) is 137 cm³/mol. The van der Waals surface area contributed by atoms with E-state index in [-0.39, 0.29) is 11.7 Å². The molecule has 0 bridgehead atoms. The molecular formula is C27H34N2O6. The summed E-state index contributed by atoms with van der Waals surface area (Å²) in [6, 6.07) is 20.7. The van der Waals surface area contributed by atoms with Crippen LogP contribution in [0.4, 0.5) is 5.69 Å². The van der Waals surface area contributed by atoms with Gasteiger partial charge in [0.2, 0.25) is 11.7 Å². The van der Waals surface area contributed by atoms with Gasteiger partial charge in [-0.1, -0.05) is 42.5 Å². The van der Waals surface area contributed by atoms with Gasteiger partial charge in [-0.05, 0) is 24.7 Å². The molecule has 3 aromatic rings. The summed E-state index contributed by atoms with van der Waals surface area (Å²) in [5, 5.41) is 12.1. The number of nitrogens with zero attached hydrogens (tertiary/aromatic N) is 1. The first-order valence-electron chi connectivity index (χ1n) is 11.1. The molecule has 0 aromatic heterocycles. The molecule has 1 saturated heterocycles. The SMILES string of the molecule is CNCc1ccccc1.COc1cc(N2CCC2=O)cc(OC)c1OC.COc1ccccc1O. The van der Waals surface area contributed by atoms with Crippen molar-refractivity contribution in [2.24, 2.45) is 0 Å². The highest BCUT2D eigenvalue weighted by molar-refractivity contribution is 5.99. The molecule has 8 nitrogen and oxygen atoms in total. The first kappa shape index (κ1) is 27.3. The summed E-state index contributed by atoms with van der Waals surface area (Å²) in [6.07, 6.45) is 0.594. The standard InChI is InChI=1S/C12H15NO4.C8H11N.C7H8O2/c1-15-9-6-8(13-5-4-11(13)14)7-10(16-2)12(9)17-3;1-9-7-8-5-3-2-4-6-8;1-9-7-5-3-2-4-6(7)8/h6-7H,4-5H2,1-3H3;2-6,9H,7H2,1H3;2-5,8H,1H3. The number of hydrogen-bond donors (Lipinski definition) is 2. The Morgan fingerprint density at radius 2 is 1.40 bits per heavy atom. The molecule has 3 aromatic carbocycles. The van der Waals surface area contributed by atoms with Gasteiger partial charge in [0.1, 0.15) is 0 Å². The number of carbonyl (C=O) groups excluding carboxylic acids is 1. The van der Waals surface area contributed by atoms with Crippen LogP contribution in [-0.4, -0.2) is 53.0 Å². The largest absolute Gasteiger partial charge is 0.504 e. The van der Waals surface area contributed by atoms with E-state index < -0.39 is 0 Å². The van der Waals surface area contributed by atoms with Crippen LogP contribution in [0.15, 0.2) is 66.7 Å². The Morgan fingerprint density at radius 1 is 0.829 bits per heavy atom. The van der Waals surface area contributed by atoms with E-state index in [0.29, 0.717) is 29.4 Å². The fourth-order valence-electron chi connectivity index (χ4n) is 3.24. The topological polar surface area (TPSA) is 89.5 Å². The molecule has 1 amide bonds. The Kier molecular flexibility index (Phi) is 11.2. The number of phenols is 1. The second-order valence-electron chi connectivity index (χ2n) is 7.37. The quantitative estimate of drug-likeness (QED) is 0.487. The van der Waals surface area contributed by atoms with Crippen molar-refractivity contribution >= 4 is 11.6 Å². The van der Waals surface area contributed by atoms with Gasteiger partial charge >= 0.3 is 0 Å². The maximum absolute atomic E-state index is 11.4. The lowest BCUT2D eigenvalue weighted by molar-refractivity contribution is -0.122. The summed E-state index contributed by atoms with van der Waals surface area (Å²) < 4.78 is 20.5. The number of hydrogen-bond acceptors (Lipinski definition) is 7. The zero-order valence-electron chi connectivity index (χ0n) is 20.9. The third kappa shape index (κ3) is 7.82. The average molecular weight is 483 g/mol. The minimum absolute atomic E-state index is 0.110. The van der Waals surface area contributed by atoms with Crippen LogP contribution in [-0.2, 0) is 11.3 Å². The molecule has 188 valence electrons. The van der Waals surface area contributed by atoms with E-state index in [1.165, 1.54) is 12.7 Å². The lowest BCUT2D eigenvalue weighted by Crippen LogP contribution is -2.43. The second kappa shape index (κ2) is 14.4. The molecule has 1 aliphatic rings. The van der Waals surface area contributed by atoms with E-state index in [1.54, 1.807) is 62.6 Å². The van der Waals surface area contributed by atoms with Crippen molar-refractivity contribution in [3.63, 3.8) is 0 Å². The van der Waals surface area contributed by atoms with Crippen LogP contribution in [0.25, 0.3) is 0 Å². The molecule has 0 spiro atoms. The maximum Gasteiger partial charge on any atom is 0.228 e. The first-order chi connectivity index (χ1) is 17.0. The van der Waals surface area contributed by atoms with Crippen molar-refractivity contribution < 1.29 is 28.8 Å². The molecule has 1 fully saturated rings. The third-order valence-corrected chi connectivity index (χ3v) is 5.12. The number of nitrogens with one attached hydrogen (secondary N) is 1. The normalized spacial score (nSPS) is 11.7. The Balaban J connectivity index is 0.000000203. The average Bonchev–Trinajstić information content (AvgIpc) is 2.89. The van der Waals surface area contributed by atoms with Crippen molar-refractivity contribution in [3.05, 3.63) is 72.3 Å². The number of rotatable bonds is 7. The van der Waals surface area contributed by atoms with Gasteiger partial charge in [-0.3, -0.25) is 4.79 Å². The summed E-state index contributed by atoms with van der Waals surface area (Å²) in [7, 11) is 8.13. The van der Waals surface area contributed by atoms with Gasteiger partial charge in [0.15, 0.2) is 23.0 Å². The maximum atomic E-state index is 11.4. The van der Waals surface area contributed by atoms with Gasteiger partial charge in [-0.15, -0.1) is 0 Å². The van der Waals surface area contributed by atoms with E-state index in [0.717, 1.165) is 18.8 Å².